The molecule has 0 N–H and O–H groups in total. The van der Waals surface area contributed by atoms with Gasteiger partial charge in [0.15, 0.2) is 0 Å². The largest absolute Gasteiger partial charge is 0.337 e. The number of pyridine rings is 1. The van der Waals surface area contributed by atoms with Gasteiger partial charge in [0.1, 0.15) is 0 Å². The summed E-state index contributed by atoms with van der Waals surface area (Å²) in [7, 11) is -1.90. The number of hydrogen-bond acceptors (Lipinski definition) is 4. The van der Waals surface area contributed by atoms with E-state index in [1.165, 1.54) is 4.31 Å². The minimum Gasteiger partial charge on any atom is -0.337 e. The Balaban J connectivity index is 1.70. The highest BCUT2D eigenvalue weighted by molar-refractivity contribution is 7.89. The first-order valence-corrected chi connectivity index (χ1v) is 10.2. The summed E-state index contributed by atoms with van der Waals surface area (Å²) in [6.45, 7) is 1.12. The number of carbonyl (C=O) groups excluding carboxylic acids is 1. The molecular weight excluding hydrogens is 350 g/mol. The Bertz CT molecular complexity index is 841. The van der Waals surface area contributed by atoms with Crippen molar-refractivity contribution in [2.24, 2.45) is 0 Å². The second-order valence-electron chi connectivity index (χ2n) is 6.54. The van der Waals surface area contributed by atoms with Gasteiger partial charge in [-0.15, -0.1) is 0 Å². The van der Waals surface area contributed by atoms with E-state index in [4.69, 9.17) is 0 Å². The zero-order valence-electron chi connectivity index (χ0n) is 14.8. The monoisotopic (exact) mass is 373 g/mol. The van der Waals surface area contributed by atoms with Crippen LogP contribution in [0.3, 0.4) is 0 Å². The van der Waals surface area contributed by atoms with Crippen molar-refractivity contribution >= 4 is 15.9 Å². The van der Waals surface area contributed by atoms with Gasteiger partial charge in [-0.05, 0) is 42.7 Å². The fourth-order valence-electron chi connectivity index (χ4n) is 3.22. The van der Waals surface area contributed by atoms with Crippen molar-refractivity contribution in [1.82, 2.24) is 14.2 Å². The second-order valence-corrected chi connectivity index (χ2v) is 8.86. The predicted molar refractivity (Wildman–Crippen MR) is 100.0 cm³/mol. The van der Waals surface area contributed by atoms with E-state index in [0.717, 1.165) is 5.56 Å². The summed E-state index contributed by atoms with van der Waals surface area (Å²) in [6, 6.07) is 12.6. The average Bonchev–Trinajstić information content (AvgIpc) is 2.69. The molecule has 26 heavy (non-hydrogen) atoms. The number of sulfonamides is 1. The smallest absolute Gasteiger partial charge is 0.253 e. The Kier molecular flexibility index (Phi) is 5.68. The SMILES string of the molecule is CN(Cc1ccncc1)S(=O)(=O)C1CCCN(C(=O)c2ccccc2)C1. The Labute approximate surface area is 154 Å². The number of rotatable bonds is 5. The third-order valence-corrected chi connectivity index (χ3v) is 6.92. The molecule has 1 atom stereocenters. The Morgan fingerprint density at radius 1 is 1.19 bits per heavy atom. The summed E-state index contributed by atoms with van der Waals surface area (Å²) < 4.78 is 27.3. The molecule has 1 aliphatic heterocycles. The number of hydrogen-bond donors (Lipinski definition) is 0. The molecule has 2 heterocycles. The van der Waals surface area contributed by atoms with Gasteiger partial charge in [0.25, 0.3) is 5.91 Å². The van der Waals surface area contributed by atoms with Gasteiger partial charge in [0.2, 0.25) is 10.0 Å². The summed E-state index contributed by atoms with van der Waals surface area (Å²) in [4.78, 5) is 18.2. The van der Waals surface area contributed by atoms with Crippen LogP contribution < -0.4 is 0 Å². The molecule has 0 spiro atoms. The minimum atomic E-state index is -3.49. The number of carbonyl (C=O) groups is 1. The number of piperidine rings is 1. The van der Waals surface area contributed by atoms with E-state index in [2.05, 4.69) is 4.98 Å². The van der Waals surface area contributed by atoms with Crippen LogP contribution in [0.1, 0.15) is 28.8 Å². The van der Waals surface area contributed by atoms with Crippen LogP contribution in [0.25, 0.3) is 0 Å². The van der Waals surface area contributed by atoms with Gasteiger partial charge in [-0.3, -0.25) is 9.78 Å². The fraction of sp³-hybridized carbons (Fsp3) is 0.368. The van der Waals surface area contributed by atoms with Gasteiger partial charge in [-0.25, -0.2) is 12.7 Å². The van der Waals surface area contributed by atoms with E-state index < -0.39 is 15.3 Å². The Morgan fingerprint density at radius 3 is 2.58 bits per heavy atom. The maximum absolute atomic E-state index is 13.0. The van der Waals surface area contributed by atoms with E-state index in [0.29, 0.717) is 31.5 Å². The normalized spacial score (nSPS) is 18.1. The lowest BCUT2D eigenvalue weighted by Crippen LogP contribution is -2.48. The molecule has 1 saturated heterocycles. The third kappa shape index (κ3) is 4.11. The summed E-state index contributed by atoms with van der Waals surface area (Å²) >= 11 is 0. The number of benzene rings is 1. The van der Waals surface area contributed by atoms with Crippen LogP contribution in [0.2, 0.25) is 0 Å². The Hall–Kier alpha value is -2.25. The standard InChI is InChI=1S/C19H23N3O3S/c1-21(14-16-9-11-20-12-10-16)26(24,25)18-8-5-13-22(15-18)19(23)17-6-3-2-4-7-17/h2-4,6-7,9-12,18H,5,8,13-15H2,1H3. The second kappa shape index (κ2) is 7.97. The molecule has 1 aromatic heterocycles. The summed E-state index contributed by atoms with van der Waals surface area (Å²) in [5.74, 6) is -0.109. The van der Waals surface area contributed by atoms with Gasteiger partial charge in [0.05, 0.1) is 5.25 Å². The van der Waals surface area contributed by atoms with E-state index in [1.54, 1.807) is 48.6 Å². The van der Waals surface area contributed by atoms with Crippen molar-refractivity contribution in [2.75, 3.05) is 20.1 Å². The molecule has 3 rings (SSSR count). The number of nitrogens with zero attached hydrogens (tertiary/aromatic N) is 3. The number of amides is 1. The highest BCUT2D eigenvalue weighted by Gasteiger charge is 2.35. The molecule has 138 valence electrons. The molecule has 7 heteroatoms. The first-order chi connectivity index (χ1) is 12.5. The molecule has 1 unspecified atom stereocenters. The van der Waals surface area contributed by atoms with Gasteiger partial charge in [0, 0.05) is 44.6 Å². The van der Waals surface area contributed by atoms with Crippen LogP contribution in [0.5, 0.6) is 0 Å². The van der Waals surface area contributed by atoms with E-state index >= 15 is 0 Å². The van der Waals surface area contributed by atoms with Crippen LogP contribution in [0.15, 0.2) is 54.9 Å². The number of aromatic nitrogens is 1. The Morgan fingerprint density at radius 2 is 1.88 bits per heavy atom. The van der Waals surface area contributed by atoms with Crippen LogP contribution in [-0.2, 0) is 16.6 Å². The van der Waals surface area contributed by atoms with Crippen LogP contribution in [0.4, 0.5) is 0 Å². The van der Waals surface area contributed by atoms with Crippen molar-refractivity contribution in [3.8, 4) is 0 Å². The van der Waals surface area contributed by atoms with Crippen molar-refractivity contribution in [2.45, 2.75) is 24.6 Å². The lowest BCUT2D eigenvalue weighted by molar-refractivity contribution is 0.0725. The molecule has 0 aliphatic carbocycles. The molecule has 1 aromatic carbocycles. The average molecular weight is 373 g/mol. The lowest BCUT2D eigenvalue weighted by atomic mass is 10.1. The summed E-state index contributed by atoms with van der Waals surface area (Å²) in [6.07, 6.45) is 4.56. The van der Waals surface area contributed by atoms with Gasteiger partial charge in [-0.1, -0.05) is 18.2 Å². The molecule has 0 bridgehead atoms. The van der Waals surface area contributed by atoms with E-state index in [1.807, 2.05) is 18.2 Å². The van der Waals surface area contributed by atoms with E-state index in [-0.39, 0.29) is 12.5 Å². The topological polar surface area (TPSA) is 70.6 Å². The van der Waals surface area contributed by atoms with Gasteiger partial charge in [-0.2, -0.15) is 0 Å². The number of likely N-dealkylation sites (tertiary alicyclic amines) is 1. The highest BCUT2D eigenvalue weighted by Crippen LogP contribution is 2.22. The zero-order valence-corrected chi connectivity index (χ0v) is 15.6. The molecule has 0 saturated carbocycles. The van der Waals surface area contributed by atoms with Crippen molar-refractivity contribution in [1.29, 1.82) is 0 Å². The first-order valence-electron chi connectivity index (χ1n) is 8.67. The highest BCUT2D eigenvalue weighted by atomic mass is 32.2. The molecule has 0 radical (unpaired) electrons. The van der Waals surface area contributed by atoms with Gasteiger partial charge >= 0.3 is 0 Å². The molecule has 1 aliphatic rings. The molecule has 1 fully saturated rings. The fourth-order valence-corrected chi connectivity index (χ4v) is 4.89. The lowest BCUT2D eigenvalue weighted by Gasteiger charge is -2.34. The van der Waals surface area contributed by atoms with Gasteiger partial charge < -0.3 is 4.90 Å². The molecule has 1 amide bonds. The van der Waals surface area contributed by atoms with Crippen LogP contribution in [-0.4, -0.2) is 53.9 Å². The maximum atomic E-state index is 13.0. The quantitative estimate of drug-likeness (QED) is 0.805. The molecule has 2 aromatic rings. The zero-order chi connectivity index (χ0) is 18.6. The molecular formula is C19H23N3O3S. The van der Waals surface area contributed by atoms with Crippen molar-refractivity contribution < 1.29 is 13.2 Å². The van der Waals surface area contributed by atoms with Crippen LogP contribution in [0, 0.1) is 0 Å². The predicted octanol–water partition coefficient (Wildman–Crippen LogP) is 2.15. The minimum absolute atomic E-state index is 0.109. The summed E-state index contributed by atoms with van der Waals surface area (Å²) in [5.41, 5.74) is 1.48. The maximum Gasteiger partial charge on any atom is 0.253 e. The molecule has 6 nitrogen and oxygen atoms in total. The first kappa shape index (κ1) is 18.5. The van der Waals surface area contributed by atoms with Crippen LogP contribution >= 0.6 is 0 Å². The third-order valence-electron chi connectivity index (χ3n) is 4.70. The van der Waals surface area contributed by atoms with Crippen molar-refractivity contribution in [3.05, 3.63) is 66.0 Å². The van der Waals surface area contributed by atoms with E-state index in [9.17, 15) is 13.2 Å². The summed E-state index contributed by atoms with van der Waals surface area (Å²) in [5, 5.41) is -0.573. The van der Waals surface area contributed by atoms with Crippen molar-refractivity contribution in [3.63, 3.8) is 0 Å².